The van der Waals surface area contributed by atoms with Gasteiger partial charge >= 0.3 is 0 Å². The molecule has 3 nitrogen and oxygen atoms in total. The lowest BCUT2D eigenvalue weighted by Crippen LogP contribution is -1.95. The molecule has 1 aliphatic carbocycles. The molecule has 0 atom stereocenters. The largest absolute Gasteiger partial charge is 0.309 e. The SMILES string of the molecule is C=C/C=C\C.c1ccc(-n2c3ccccc3c3c4ccc(-c5ccc6c(c5)c5ccccc5n6-c5cccc(-c6ncc7c8c(cccc68)-c6ccccc6-7)c5)cc4ccc32)cc1. The Hall–Kier alpha value is -8.27. The summed E-state index contributed by atoms with van der Waals surface area (Å²) in [4.78, 5) is 5.13. The van der Waals surface area contributed by atoms with E-state index in [9.17, 15) is 0 Å². The first kappa shape index (κ1) is 36.6. The van der Waals surface area contributed by atoms with Crippen LogP contribution in [-0.2, 0) is 0 Å². The van der Waals surface area contributed by atoms with Crippen molar-refractivity contribution in [3.05, 3.63) is 225 Å². The van der Waals surface area contributed by atoms with Crippen LogP contribution in [0.3, 0.4) is 0 Å². The van der Waals surface area contributed by atoms with Crippen molar-refractivity contribution in [2.75, 3.05) is 0 Å². The summed E-state index contributed by atoms with van der Waals surface area (Å²) in [6.45, 7) is 5.42. The van der Waals surface area contributed by atoms with Crippen LogP contribution in [0.2, 0.25) is 0 Å². The Kier molecular flexibility index (Phi) is 8.55. The van der Waals surface area contributed by atoms with Gasteiger partial charge in [-0.05, 0) is 106 Å². The summed E-state index contributed by atoms with van der Waals surface area (Å²) in [6, 6.07) is 70.9. The van der Waals surface area contributed by atoms with Gasteiger partial charge in [0.15, 0.2) is 0 Å². The van der Waals surface area contributed by atoms with Crippen LogP contribution in [0.1, 0.15) is 6.92 Å². The fourth-order valence-electron chi connectivity index (χ4n) is 10.1. The first-order valence-electron chi connectivity index (χ1n) is 21.6. The van der Waals surface area contributed by atoms with Crippen LogP contribution in [0, 0.1) is 0 Å². The molecule has 3 aromatic heterocycles. The highest BCUT2D eigenvalue weighted by molar-refractivity contribution is 6.22. The predicted octanol–water partition coefficient (Wildman–Crippen LogP) is 16.3. The second kappa shape index (κ2) is 14.7. The number of nitrogens with zero attached hydrogens (tertiary/aromatic N) is 3. The second-order valence-electron chi connectivity index (χ2n) is 16.3. The van der Waals surface area contributed by atoms with Crippen molar-refractivity contribution in [1.29, 1.82) is 0 Å². The van der Waals surface area contributed by atoms with E-state index in [0.717, 1.165) is 16.9 Å². The summed E-state index contributed by atoms with van der Waals surface area (Å²) in [5.74, 6) is 0. The minimum Gasteiger partial charge on any atom is -0.309 e. The Morgan fingerprint density at radius 3 is 1.84 bits per heavy atom. The second-order valence-corrected chi connectivity index (χ2v) is 16.3. The third kappa shape index (κ3) is 5.71. The molecule has 0 fully saturated rings. The standard InChI is InChI=1S/C55H33N3.C5H8/c1-2-13-38(14-3-1)57-50-23-9-7-19-45(50)54-40-27-24-34(30-36(40)26-29-52(54)57)35-25-28-51-47(32-35)43-18-6-8-22-49(43)58(51)39-15-10-12-37(31-39)55-46-21-11-20-44-41-16-4-5-17-42(41)48(33-56-55)53(44)46;1-3-5-4-2/h1-33H;3-5H,1H2,2H3/b;5-4-. The maximum absolute atomic E-state index is 5.13. The highest BCUT2D eigenvalue weighted by atomic mass is 15.0. The van der Waals surface area contributed by atoms with Gasteiger partial charge < -0.3 is 9.13 Å². The molecule has 0 aliphatic heterocycles. The molecule has 13 rings (SSSR count). The molecule has 12 aromatic rings. The molecule has 0 radical (unpaired) electrons. The molecule has 0 N–H and O–H groups in total. The Morgan fingerprint density at radius 2 is 1.03 bits per heavy atom. The molecular formula is C60H41N3. The van der Waals surface area contributed by atoms with Gasteiger partial charge in [0.1, 0.15) is 0 Å². The Morgan fingerprint density at radius 1 is 0.413 bits per heavy atom. The van der Waals surface area contributed by atoms with Crippen molar-refractivity contribution in [3.8, 4) is 56.0 Å². The maximum Gasteiger partial charge on any atom is 0.0781 e. The van der Waals surface area contributed by atoms with E-state index >= 15 is 0 Å². The van der Waals surface area contributed by atoms with Gasteiger partial charge in [-0.15, -0.1) is 0 Å². The van der Waals surface area contributed by atoms with Gasteiger partial charge in [-0.3, -0.25) is 4.98 Å². The first-order valence-corrected chi connectivity index (χ1v) is 21.6. The Labute approximate surface area is 365 Å². The Balaban J connectivity index is 0.000000801. The molecule has 296 valence electrons. The maximum atomic E-state index is 5.13. The van der Waals surface area contributed by atoms with E-state index in [1.165, 1.54) is 104 Å². The average Bonchev–Trinajstić information content (AvgIpc) is 3.99. The van der Waals surface area contributed by atoms with Gasteiger partial charge in [-0.2, -0.15) is 0 Å². The van der Waals surface area contributed by atoms with E-state index in [0.29, 0.717) is 0 Å². The van der Waals surface area contributed by atoms with Gasteiger partial charge in [-0.25, -0.2) is 0 Å². The van der Waals surface area contributed by atoms with Crippen LogP contribution in [0.5, 0.6) is 0 Å². The number of hydrogen-bond acceptors (Lipinski definition) is 1. The summed E-state index contributed by atoms with van der Waals surface area (Å²) >= 11 is 0. The molecule has 0 saturated heterocycles. The van der Waals surface area contributed by atoms with Gasteiger partial charge in [0.05, 0.1) is 27.8 Å². The summed E-state index contributed by atoms with van der Waals surface area (Å²) in [5.41, 5.74) is 16.7. The van der Waals surface area contributed by atoms with Gasteiger partial charge in [0, 0.05) is 61.0 Å². The van der Waals surface area contributed by atoms with Gasteiger partial charge in [-0.1, -0.05) is 158 Å². The van der Waals surface area contributed by atoms with Crippen LogP contribution in [0.25, 0.3) is 121 Å². The van der Waals surface area contributed by atoms with E-state index in [-0.39, 0.29) is 0 Å². The molecule has 0 amide bonds. The topological polar surface area (TPSA) is 22.8 Å². The monoisotopic (exact) mass is 803 g/mol. The van der Waals surface area contributed by atoms with Crippen LogP contribution in [-0.4, -0.2) is 14.1 Å². The average molecular weight is 804 g/mol. The number of aromatic nitrogens is 3. The molecule has 0 spiro atoms. The molecule has 9 aromatic carbocycles. The number of fused-ring (bicyclic) bond motifs is 11. The Bertz CT molecular complexity index is 3790. The molecule has 3 heteroatoms. The lowest BCUT2D eigenvalue weighted by Gasteiger charge is -2.12. The lowest BCUT2D eigenvalue weighted by atomic mass is 9.97. The molecule has 1 aliphatic rings. The quantitative estimate of drug-likeness (QED) is 0.159. The summed E-state index contributed by atoms with van der Waals surface area (Å²) in [6.07, 6.45) is 7.65. The van der Waals surface area contributed by atoms with Crippen molar-refractivity contribution in [2.45, 2.75) is 6.92 Å². The molecular weight excluding hydrogens is 763 g/mol. The molecule has 0 unspecified atom stereocenters. The fourth-order valence-corrected chi connectivity index (χ4v) is 10.1. The number of pyridine rings is 1. The third-order valence-electron chi connectivity index (χ3n) is 12.8. The third-order valence-corrected chi connectivity index (χ3v) is 12.8. The molecule has 63 heavy (non-hydrogen) atoms. The molecule has 3 heterocycles. The van der Waals surface area contributed by atoms with E-state index < -0.39 is 0 Å². The van der Waals surface area contributed by atoms with E-state index in [1.54, 1.807) is 6.08 Å². The van der Waals surface area contributed by atoms with Crippen LogP contribution >= 0.6 is 0 Å². The number of rotatable bonds is 5. The number of para-hydroxylation sites is 3. The summed E-state index contributed by atoms with van der Waals surface area (Å²) < 4.78 is 4.80. The van der Waals surface area contributed by atoms with E-state index in [4.69, 9.17) is 4.98 Å². The zero-order valence-corrected chi connectivity index (χ0v) is 34.8. The van der Waals surface area contributed by atoms with Crippen molar-refractivity contribution in [3.63, 3.8) is 0 Å². The van der Waals surface area contributed by atoms with Crippen molar-refractivity contribution in [1.82, 2.24) is 14.1 Å². The smallest absolute Gasteiger partial charge is 0.0781 e. The van der Waals surface area contributed by atoms with Crippen LogP contribution in [0.4, 0.5) is 0 Å². The zero-order chi connectivity index (χ0) is 42.0. The van der Waals surface area contributed by atoms with Crippen LogP contribution in [0.15, 0.2) is 225 Å². The van der Waals surface area contributed by atoms with Gasteiger partial charge in [0.2, 0.25) is 0 Å². The number of hydrogen-bond donors (Lipinski definition) is 0. The van der Waals surface area contributed by atoms with Crippen LogP contribution < -0.4 is 0 Å². The van der Waals surface area contributed by atoms with Crippen molar-refractivity contribution < 1.29 is 0 Å². The number of benzene rings is 9. The number of allylic oxidation sites excluding steroid dienone is 3. The van der Waals surface area contributed by atoms with E-state index in [1.807, 2.05) is 19.1 Å². The zero-order valence-electron chi connectivity index (χ0n) is 34.8. The van der Waals surface area contributed by atoms with Crippen molar-refractivity contribution in [2.24, 2.45) is 0 Å². The minimum absolute atomic E-state index is 1.01. The van der Waals surface area contributed by atoms with Crippen molar-refractivity contribution >= 4 is 65.2 Å². The minimum atomic E-state index is 1.01. The first-order chi connectivity index (χ1) is 31.2. The molecule has 0 saturated carbocycles. The normalized spacial score (nSPS) is 11.9. The lowest BCUT2D eigenvalue weighted by molar-refractivity contribution is 1.18. The van der Waals surface area contributed by atoms with Gasteiger partial charge in [0.25, 0.3) is 0 Å². The fraction of sp³-hybridized carbons (Fsp3) is 0.0167. The highest BCUT2D eigenvalue weighted by Crippen LogP contribution is 2.48. The van der Waals surface area contributed by atoms with E-state index in [2.05, 4.69) is 216 Å². The molecule has 0 bridgehead atoms. The highest BCUT2D eigenvalue weighted by Gasteiger charge is 2.24. The summed E-state index contributed by atoms with van der Waals surface area (Å²) in [7, 11) is 0. The summed E-state index contributed by atoms with van der Waals surface area (Å²) in [5, 5.41) is 10.0. The predicted molar refractivity (Wildman–Crippen MR) is 268 cm³/mol.